The number of aryl methyl sites for hydroxylation is 2. The van der Waals surface area contributed by atoms with E-state index >= 15 is 0 Å². The van der Waals surface area contributed by atoms with Gasteiger partial charge in [0.1, 0.15) is 12.4 Å². The van der Waals surface area contributed by atoms with Gasteiger partial charge >= 0.3 is 6.09 Å². The molecule has 0 spiro atoms. The van der Waals surface area contributed by atoms with Crippen molar-refractivity contribution in [2.45, 2.75) is 32.2 Å². The summed E-state index contributed by atoms with van der Waals surface area (Å²) >= 11 is 0. The Morgan fingerprint density at radius 1 is 1.00 bits per heavy atom. The molecule has 0 saturated heterocycles. The van der Waals surface area contributed by atoms with Gasteiger partial charge in [-0.05, 0) is 71.3 Å². The fourth-order valence-electron chi connectivity index (χ4n) is 4.51. The third kappa shape index (κ3) is 4.28. The number of nitrogens with one attached hydrogen (secondary N) is 1. The predicted molar refractivity (Wildman–Crippen MR) is 120 cm³/mol. The first kappa shape index (κ1) is 20.9. The van der Waals surface area contributed by atoms with Crippen molar-refractivity contribution in [3.8, 4) is 16.9 Å². The second-order valence-electron chi connectivity index (χ2n) is 8.11. The van der Waals surface area contributed by atoms with Crippen molar-refractivity contribution in [3.63, 3.8) is 0 Å². The Labute approximate surface area is 182 Å². The van der Waals surface area contributed by atoms with Gasteiger partial charge in [-0.2, -0.15) is 0 Å². The number of aliphatic hydroxyl groups is 1. The van der Waals surface area contributed by atoms with Crippen LogP contribution < -0.4 is 5.32 Å². The Kier molecular flexibility index (Phi) is 5.96. The number of phenols is 1. The monoisotopic (exact) mass is 417 g/mol. The molecule has 4 rings (SSSR count). The summed E-state index contributed by atoms with van der Waals surface area (Å²) in [7, 11) is 0. The molecule has 31 heavy (non-hydrogen) atoms. The number of benzene rings is 3. The fraction of sp³-hybridized carbons (Fsp3) is 0.269. The number of rotatable bonds is 6. The molecular weight excluding hydrogens is 390 g/mol. The smallest absolute Gasteiger partial charge is 0.407 e. The first-order valence-corrected chi connectivity index (χ1v) is 10.5. The highest BCUT2D eigenvalue weighted by atomic mass is 16.5. The summed E-state index contributed by atoms with van der Waals surface area (Å²) in [5.74, 6) is 0.205. The number of alkyl carbamates (subject to hydrolysis) is 1. The topological polar surface area (TPSA) is 78.8 Å². The van der Waals surface area contributed by atoms with E-state index < -0.39 is 12.1 Å². The van der Waals surface area contributed by atoms with Crippen LogP contribution in [0.15, 0.2) is 60.7 Å². The van der Waals surface area contributed by atoms with Crippen LogP contribution in [-0.2, 0) is 11.2 Å². The number of hydrogen-bond acceptors (Lipinski definition) is 4. The second-order valence-corrected chi connectivity index (χ2v) is 8.11. The summed E-state index contributed by atoms with van der Waals surface area (Å²) in [6.45, 7) is 3.84. The maximum atomic E-state index is 12.5. The number of ether oxygens (including phenoxy) is 1. The van der Waals surface area contributed by atoms with E-state index in [4.69, 9.17) is 4.74 Å². The molecule has 0 unspecified atom stereocenters. The third-order valence-corrected chi connectivity index (χ3v) is 6.02. The molecular formula is C26H27NO4. The SMILES string of the molecule is Cc1cc(O)cc(C)c1C[C@@H](CO)NC(=O)OCC1c2ccccc2-c2ccccc21. The number of fused-ring (bicyclic) bond motifs is 3. The van der Waals surface area contributed by atoms with E-state index in [0.717, 1.165) is 27.8 Å². The second kappa shape index (κ2) is 8.82. The standard InChI is InChI=1S/C26H27NO4/c1-16-11-19(29)12-17(2)24(16)13-18(14-28)27-26(30)31-15-25-22-9-5-3-7-20(22)21-8-4-6-10-23(21)25/h3-12,18,25,28-29H,13-15H2,1-2H3,(H,27,30)/t18-/m0/s1. The van der Waals surface area contributed by atoms with Gasteiger partial charge in [0, 0.05) is 5.92 Å². The van der Waals surface area contributed by atoms with Gasteiger partial charge in [-0.25, -0.2) is 4.79 Å². The van der Waals surface area contributed by atoms with Crippen molar-refractivity contribution in [1.29, 1.82) is 0 Å². The lowest BCUT2D eigenvalue weighted by Gasteiger charge is -2.20. The van der Waals surface area contributed by atoms with Gasteiger partial charge in [0.15, 0.2) is 0 Å². The molecule has 0 bridgehead atoms. The summed E-state index contributed by atoms with van der Waals surface area (Å²) in [5.41, 5.74) is 7.51. The minimum absolute atomic E-state index is 0.00712. The molecule has 0 fully saturated rings. The molecule has 3 aromatic rings. The fourth-order valence-corrected chi connectivity index (χ4v) is 4.51. The van der Waals surface area contributed by atoms with E-state index in [9.17, 15) is 15.0 Å². The summed E-state index contributed by atoms with van der Waals surface area (Å²) in [5, 5.41) is 22.3. The van der Waals surface area contributed by atoms with Crippen molar-refractivity contribution in [3.05, 3.63) is 88.5 Å². The molecule has 3 N–H and O–H groups in total. The van der Waals surface area contributed by atoms with Crippen molar-refractivity contribution >= 4 is 6.09 Å². The predicted octanol–water partition coefficient (Wildman–Crippen LogP) is 4.45. The number of hydrogen-bond donors (Lipinski definition) is 3. The van der Waals surface area contributed by atoms with Crippen LogP contribution in [0, 0.1) is 13.8 Å². The Bertz CT molecular complexity index is 1040. The Morgan fingerprint density at radius 3 is 2.10 bits per heavy atom. The molecule has 0 heterocycles. The van der Waals surface area contributed by atoms with Crippen LogP contribution in [0.4, 0.5) is 4.79 Å². The lowest BCUT2D eigenvalue weighted by molar-refractivity contribution is 0.132. The Balaban J connectivity index is 1.42. The van der Waals surface area contributed by atoms with E-state index in [-0.39, 0.29) is 24.9 Å². The molecule has 1 aliphatic carbocycles. The van der Waals surface area contributed by atoms with Gasteiger partial charge in [-0.1, -0.05) is 48.5 Å². The van der Waals surface area contributed by atoms with Gasteiger partial charge in [-0.15, -0.1) is 0 Å². The average molecular weight is 418 g/mol. The summed E-state index contributed by atoms with van der Waals surface area (Å²) in [6.07, 6.45) is -0.0893. The van der Waals surface area contributed by atoms with Crippen LogP contribution in [-0.4, -0.2) is 35.6 Å². The van der Waals surface area contributed by atoms with Crippen LogP contribution in [0.2, 0.25) is 0 Å². The minimum atomic E-state index is -0.546. The first-order chi connectivity index (χ1) is 15.0. The maximum absolute atomic E-state index is 12.5. The number of phenolic OH excluding ortho intramolecular Hbond substituents is 1. The summed E-state index contributed by atoms with van der Waals surface area (Å²) in [4.78, 5) is 12.5. The molecule has 3 aromatic carbocycles. The number of aromatic hydroxyl groups is 1. The molecule has 1 aliphatic rings. The lowest BCUT2D eigenvalue weighted by Crippen LogP contribution is -2.40. The highest BCUT2D eigenvalue weighted by Crippen LogP contribution is 2.44. The zero-order chi connectivity index (χ0) is 22.0. The van der Waals surface area contributed by atoms with Crippen molar-refractivity contribution in [2.24, 2.45) is 0 Å². The van der Waals surface area contributed by atoms with E-state index in [1.54, 1.807) is 12.1 Å². The van der Waals surface area contributed by atoms with Crippen LogP contribution >= 0.6 is 0 Å². The molecule has 160 valence electrons. The van der Waals surface area contributed by atoms with E-state index in [1.165, 1.54) is 11.1 Å². The largest absolute Gasteiger partial charge is 0.508 e. The van der Waals surface area contributed by atoms with E-state index in [2.05, 4.69) is 29.6 Å². The zero-order valence-electron chi connectivity index (χ0n) is 17.8. The molecule has 1 atom stereocenters. The summed E-state index contributed by atoms with van der Waals surface area (Å²) in [6, 6.07) is 19.3. The molecule has 5 heteroatoms. The van der Waals surface area contributed by atoms with Crippen molar-refractivity contribution in [2.75, 3.05) is 13.2 Å². The number of carbonyl (C=O) groups excluding carboxylic acids is 1. The minimum Gasteiger partial charge on any atom is -0.508 e. The third-order valence-electron chi connectivity index (χ3n) is 6.02. The highest BCUT2D eigenvalue weighted by Gasteiger charge is 2.29. The number of aliphatic hydroxyl groups excluding tert-OH is 1. The van der Waals surface area contributed by atoms with Gasteiger partial charge in [0.05, 0.1) is 12.6 Å². The first-order valence-electron chi connectivity index (χ1n) is 10.5. The lowest BCUT2D eigenvalue weighted by atomic mass is 9.96. The summed E-state index contributed by atoms with van der Waals surface area (Å²) < 4.78 is 5.59. The highest BCUT2D eigenvalue weighted by molar-refractivity contribution is 5.79. The maximum Gasteiger partial charge on any atom is 0.407 e. The Hall–Kier alpha value is -3.31. The van der Waals surface area contributed by atoms with Crippen LogP contribution in [0.25, 0.3) is 11.1 Å². The van der Waals surface area contributed by atoms with Crippen molar-refractivity contribution in [1.82, 2.24) is 5.32 Å². The average Bonchev–Trinajstić information content (AvgIpc) is 3.07. The van der Waals surface area contributed by atoms with Gasteiger partial charge in [0.2, 0.25) is 0 Å². The molecule has 5 nitrogen and oxygen atoms in total. The Morgan fingerprint density at radius 2 is 1.55 bits per heavy atom. The van der Waals surface area contributed by atoms with Crippen molar-refractivity contribution < 1.29 is 19.7 Å². The number of carbonyl (C=O) groups is 1. The molecule has 1 amide bonds. The normalized spacial score (nSPS) is 13.4. The number of amides is 1. The molecule has 0 radical (unpaired) electrons. The van der Waals surface area contributed by atoms with Gasteiger partial charge in [0.25, 0.3) is 0 Å². The van der Waals surface area contributed by atoms with Gasteiger partial charge < -0.3 is 20.3 Å². The molecule has 0 aliphatic heterocycles. The molecule has 0 aromatic heterocycles. The van der Waals surface area contributed by atoms with E-state index in [0.29, 0.717) is 6.42 Å². The van der Waals surface area contributed by atoms with Crippen LogP contribution in [0.3, 0.4) is 0 Å². The molecule has 0 saturated carbocycles. The van der Waals surface area contributed by atoms with Crippen LogP contribution in [0.5, 0.6) is 5.75 Å². The quantitative estimate of drug-likeness (QED) is 0.554. The zero-order valence-corrected chi connectivity index (χ0v) is 17.8. The van der Waals surface area contributed by atoms with Gasteiger partial charge in [-0.3, -0.25) is 0 Å². The van der Waals surface area contributed by atoms with Crippen LogP contribution in [0.1, 0.15) is 33.7 Å². The van der Waals surface area contributed by atoms with E-state index in [1.807, 2.05) is 38.1 Å².